The molecule has 0 spiro atoms. The predicted molar refractivity (Wildman–Crippen MR) is 100 cm³/mol. The number of carbonyl (C=O) groups excluding carboxylic acids is 1. The number of halogens is 3. The van der Waals surface area contributed by atoms with E-state index in [1.165, 1.54) is 19.4 Å². The zero-order valence-corrected chi connectivity index (χ0v) is 15.7. The zero-order valence-electron chi connectivity index (χ0n) is 15.7. The first-order valence-electron chi connectivity index (χ1n) is 8.59. The fourth-order valence-corrected chi connectivity index (χ4v) is 3.09. The number of alkyl halides is 2. The van der Waals surface area contributed by atoms with Crippen LogP contribution >= 0.6 is 0 Å². The van der Waals surface area contributed by atoms with Crippen LogP contribution in [0, 0.1) is 12.7 Å². The van der Waals surface area contributed by atoms with Crippen molar-refractivity contribution in [3.8, 4) is 5.75 Å². The summed E-state index contributed by atoms with van der Waals surface area (Å²) in [6.45, 7) is 0.989. The Balaban J connectivity index is 1.98. The molecule has 1 aliphatic rings. The van der Waals surface area contributed by atoms with Crippen LogP contribution in [0.3, 0.4) is 0 Å². The van der Waals surface area contributed by atoms with E-state index in [1.807, 2.05) is 0 Å². The van der Waals surface area contributed by atoms with E-state index in [2.05, 4.69) is 15.3 Å². The van der Waals surface area contributed by atoms with Crippen LogP contribution in [0.1, 0.15) is 21.6 Å². The number of hydrogen-bond donors (Lipinski definition) is 2. The van der Waals surface area contributed by atoms with Crippen LogP contribution in [0.2, 0.25) is 0 Å². The van der Waals surface area contributed by atoms with Gasteiger partial charge in [-0.1, -0.05) is 0 Å². The number of methoxy groups -OCH3 is 1. The minimum atomic E-state index is -3.08. The number of amides is 1. The Kier molecular flexibility index (Phi) is 5.73. The summed E-state index contributed by atoms with van der Waals surface area (Å²) in [6.07, 6.45) is -1.68. The van der Waals surface area contributed by atoms with E-state index in [-0.39, 0.29) is 23.8 Å². The highest BCUT2D eigenvalue weighted by molar-refractivity contribution is 6.04. The van der Waals surface area contributed by atoms with Crippen LogP contribution < -0.4 is 15.8 Å². The molecular weight excluding hydrogens is 389 g/mol. The number of rotatable bonds is 5. The number of amidine groups is 1. The topological polar surface area (TPSA) is 98.8 Å². The molecule has 0 saturated carbocycles. The first-order chi connectivity index (χ1) is 13.8. The van der Waals surface area contributed by atoms with Gasteiger partial charge in [0.25, 0.3) is 12.3 Å². The molecule has 0 radical (unpaired) electrons. The molecule has 1 aliphatic heterocycles. The van der Waals surface area contributed by atoms with Gasteiger partial charge in [0.15, 0.2) is 5.54 Å². The molecule has 1 amide bonds. The summed E-state index contributed by atoms with van der Waals surface area (Å²) in [6, 6.07) is 4.92. The van der Waals surface area contributed by atoms with Crippen LogP contribution in [0.25, 0.3) is 0 Å². The maximum atomic E-state index is 14.5. The normalized spacial score (nSPS) is 19.0. The third-order valence-corrected chi connectivity index (χ3v) is 4.56. The van der Waals surface area contributed by atoms with E-state index in [0.29, 0.717) is 11.3 Å². The van der Waals surface area contributed by atoms with E-state index in [4.69, 9.17) is 15.2 Å². The number of carbonyl (C=O) groups is 1. The van der Waals surface area contributed by atoms with Crippen molar-refractivity contribution in [1.82, 2.24) is 4.98 Å². The number of aromatic nitrogens is 1. The first-order valence-corrected chi connectivity index (χ1v) is 8.59. The number of ether oxygens (including phenoxy) is 2. The molecule has 1 aromatic carbocycles. The van der Waals surface area contributed by atoms with Crippen molar-refractivity contribution in [2.75, 3.05) is 25.6 Å². The van der Waals surface area contributed by atoms with Crippen LogP contribution in [0.5, 0.6) is 5.75 Å². The minimum absolute atomic E-state index is 0.0852. The molecule has 7 nitrogen and oxygen atoms in total. The Labute approximate surface area is 164 Å². The highest BCUT2D eigenvalue weighted by Crippen LogP contribution is 2.38. The van der Waals surface area contributed by atoms with Crippen molar-refractivity contribution in [2.45, 2.75) is 18.9 Å². The smallest absolute Gasteiger partial charge is 0.274 e. The summed E-state index contributed by atoms with van der Waals surface area (Å²) in [7, 11) is 1.46. The number of hydrogen-bond acceptors (Lipinski definition) is 6. The van der Waals surface area contributed by atoms with Gasteiger partial charge in [-0.3, -0.25) is 14.8 Å². The minimum Gasteiger partial charge on any atom is -0.496 e. The Morgan fingerprint density at radius 3 is 2.79 bits per heavy atom. The molecule has 0 bridgehead atoms. The molecule has 154 valence electrons. The number of nitrogens with one attached hydrogen (secondary N) is 1. The Hall–Kier alpha value is -3.14. The van der Waals surface area contributed by atoms with Crippen molar-refractivity contribution in [2.24, 2.45) is 10.7 Å². The van der Waals surface area contributed by atoms with E-state index < -0.39 is 35.9 Å². The summed E-state index contributed by atoms with van der Waals surface area (Å²) in [5.74, 6) is -1.22. The summed E-state index contributed by atoms with van der Waals surface area (Å²) in [4.78, 5) is 20.4. The van der Waals surface area contributed by atoms with Gasteiger partial charge < -0.3 is 20.5 Å². The van der Waals surface area contributed by atoms with E-state index >= 15 is 0 Å². The monoisotopic (exact) mass is 408 g/mol. The summed E-state index contributed by atoms with van der Waals surface area (Å²) >= 11 is 0. The number of pyridine rings is 1. The standard InChI is InChI=1S/C19H19F3N4O3/c1-10-14(28-2)5-6-24-16(10)17(27)25-11-3-4-13(20)12(7-11)19(18(21)22)9-29-8-15(23)26-19/h3-7,18H,8-9H2,1-2H3,(H2,23,26)(H,25,27). The lowest BCUT2D eigenvalue weighted by Gasteiger charge is -2.33. The van der Waals surface area contributed by atoms with Crippen LogP contribution in [-0.4, -0.2) is 43.5 Å². The number of aliphatic imine (C=N–C) groups is 1. The summed E-state index contributed by atoms with van der Waals surface area (Å²) in [5, 5.41) is 2.54. The van der Waals surface area contributed by atoms with Crippen molar-refractivity contribution >= 4 is 17.4 Å². The fraction of sp³-hybridized carbons (Fsp3) is 0.316. The summed E-state index contributed by atoms with van der Waals surface area (Å²) < 4.78 is 52.5. The van der Waals surface area contributed by atoms with Crippen molar-refractivity contribution in [1.29, 1.82) is 0 Å². The molecule has 2 heterocycles. The largest absolute Gasteiger partial charge is 0.496 e. The third-order valence-electron chi connectivity index (χ3n) is 4.56. The third kappa shape index (κ3) is 3.88. The molecule has 3 N–H and O–H groups in total. The highest BCUT2D eigenvalue weighted by atomic mass is 19.3. The molecule has 3 rings (SSSR count). The molecule has 1 atom stereocenters. The SMILES string of the molecule is COc1ccnc(C(=O)Nc2ccc(F)c(C3(C(F)F)COCC(N)=N3)c2)c1C. The average molecular weight is 408 g/mol. The zero-order chi connectivity index (χ0) is 21.2. The molecule has 2 aromatic rings. The maximum Gasteiger partial charge on any atom is 0.274 e. The lowest BCUT2D eigenvalue weighted by atomic mass is 9.90. The molecule has 29 heavy (non-hydrogen) atoms. The highest BCUT2D eigenvalue weighted by Gasteiger charge is 2.46. The van der Waals surface area contributed by atoms with Crippen LogP contribution in [0.15, 0.2) is 35.5 Å². The second-order valence-electron chi connectivity index (χ2n) is 6.46. The lowest BCUT2D eigenvalue weighted by molar-refractivity contribution is -0.0145. The van der Waals surface area contributed by atoms with Gasteiger partial charge >= 0.3 is 0 Å². The van der Waals surface area contributed by atoms with Gasteiger partial charge in [0, 0.05) is 23.0 Å². The molecule has 1 unspecified atom stereocenters. The number of nitrogens with two attached hydrogens (primary N) is 1. The Bertz CT molecular complexity index is 968. The first kappa shape index (κ1) is 20.6. The van der Waals surface area contributed by atoms with Crippen LogP contribution in [-0.2, 0) is 10.3 Å². The molecule has 1 aromatic heterocycles. The predicted octanol–water partition coefficient (Wildman–Crippen LogP) is 2.64. The fourth-order valence-electron chi connectivity index (χ4n) is 3.09. The van der Waals surface area contributed by atoms with Gasteiger partial charge in [0.2, 0.25) is 0 Å². The van der Waals surface area contributed by atoms with Gasteiger partial charge in [0.05, 0.1) is 13.7 Å². The van der Waals surface area contributed by atoms with E-state index in [1.54, 1.807) is 13.0 Å². The van der Waals surface area contributed by atoms with Crippen molar-refractivity contribution in [3.63, 3.8) is 0 Å². The van der Waals surface area contributed by atoms with E-state index in [0.717, 1.165) is 12.1 Å². The molecular formula is C19H19F3N4O3. The Morgan fingerprint density at radius 2 is 2.14 bits per heavy atom. The summed E-state index contributed by atoms with van der Waals surface area (Å²) in [5.41, 5.74) is 3.51. The maximum absolute atomic E-state index is 14.5. The van der Waals surface area contributed by atoms with Crippen LogP contribution in [0.4, 0.5) is 18.9 Å². The van der Waals surface area contributed by atoms with Gasteiger partial charge in [-0.05, 0) is 31.2 Å². The van der Waals surface area contributed by atoms with Crippen molar-refractivity contribution in [3.05, 3.63) is 53.1 Å². The van der Waals surface area contributed by atoms with Crippen molar-refractivity contribution < 1.29 is 27.4 Å². The second kappa shape index (κ2) is 8.08. The van der Waals surface area contributed by atoms with Gasteiger partial charge in [-0.15, -0.1) is 0 Å². The lowest BCUT2D eigenvalue weighted by Crippen LogP contribution is -2.45. The Morgan fingerprint density at radius 1 is 1.38 bits per heavy atom. The quantitative estimate of drug-likeness (QED) is 0.793. The second-order valence-corrected chi connectivity index (χ2v) is 6.46. The van der Waals surface area contributed by atoms with Gasteiger partial charge in [-0.2, -0.15) is 0 Å². The number of anilines is 1. The van der Waals surface area contributed by atoms with Gasteiger partial charge in [0.1, 0.15) is 29.7 Å². The molecule has 0 saturated heterocycles. The number of benzene rings is 1. The number of nitrogens with zero attached hydrogens (tertiary/aromatic N) is 2. The van der Waals surface area contributed by atoms with E-state index in [9.17, 15) is 18.0 Å². The molecule has 0 aliphatic carbocycles. The van der Waals surface area contributed by atoms with Gasteiger partial charge in [-0.25, -0.2) is 13.2 Å². The average Bonchev–Trinajstić information content (AvgIpc) is 2.69. The molecule has 10 heteroatoms. The molecule has 0 fully saturated rings.